The van der Waals surface area contributed by atoms with Gasteiger partial charge in [0.2, 0.25) is 0 Å². The number of rotatable bonds is 11. The monoisotopic (exact) mass is 472 g/mol. The maximum atomic E-state index is 11.4. The number of hydrogen-bond acceptors (Lipinski definition) is 5. The summed E-state index contributed by atoms with van der Waals surface area (Å²) >= 11 is 6.02. The molecule has 0 aliphatic carbocycles. The summed E-state index contributed by atoms with van der Waals surface area (Å²) in [4.78, 5) is 14.0. The number of methoxy groups -OCH3 is 1. The minimum Gasteiger partial charge on any atom is -0.493 e. The van der Waals surface area contributed by atoms with Crippen LogP contribution in [-0.2, 0) is 22.5 Å². The maximum Gasteiger partial charge on any atom is 0.305 e. The van der Waals surface area contributed by atoms with E-state index in [-0.39, 0.29) is 5.97 Å². The predicted octanol–water partition coefficient (Wildman–Crippen LogP) is 5.10. The quantitative estimate of drug-likeness (QED) is 0.364. The first-order valence-corrected chi connectivity index (χ1v) is 12.3. The lowest BCUT2D eigenvalue weighted by Crippen LogP contribution is -2.52. The molecule has 1 aliphatic heterocycles. The van der Waals surface area contributed by atoms with E-state index in [0.29, 0.717) is 37.5 Å². The van der Waals surface area contributed by atoms with Crippen molar-refractivity contribution in [3.8, 4) is 5.75 Å². The number of benzene rings is 2. The van der Waals surface area contributed by atoms with Crippen LogP contribution in [0.3, 0.4) is 0 Å². The number of nitrogens with zero attached hydrogens (tertiary/aromatic N) is 1. The number of piperidine rings is 1. The SMILES string of the molecule is COC(=O)CCc1ccccc1OCCCN[C@H]1C[C@@H](C)N(Cc2ccc(Cl)cc2)C[C@@H]1C. The maximum absolute atomic E-state index is 11.4. The molecule has 1 N–H and O–H groups in total. The molecule has 0 spiro atoms. The second-order valence-electron chi connectivity index (χ2n) is 9.06. The van der Waals surface area contributed by atoms with E-state index in [2.05, 4.69) is 36.2 Å². The molecule has 2 aromatic rings. The molecular formula is C27H37ClN2O3. The highest BCUT2D eigenvalue weighted by atomic mass is 35.5. The number of carbonyl (C=O) groups excluding carboxylic acids is 1. The summed E-state index contributed by atoms with van der Waals surface area (Å²) in [7, 11) is 1.42. The van der Waals surface area contributed by atoms with Crippen molar-refractivity contribution in [3.63, 3.8) is 0 Å². The van der Waals surface area contributed by atoms with Crippen molar-refractivity contribution in [3.05, 3.63) is 64.7 Å². The first kappa shape index (κ1) is 25.5. The van der Waals surface area contributed by atoms with Crippen LogP contribution in [0, 0.1) is 5.92 Å². The Labute approximate surface area is 203 Å². The second-order valence-corrected chi connectivity index (χ2v) is 9.50. The van der Waals surface area contributed by atoms with Gasteiger partial charge in [0, 0.05) is 36.6 Å². The van der Waals surface area contributed by atoms with E-state index in [0.717, 1.165) is 48.8 Å². The van der Waals surface area contributed by atoms with Gasteiger partial charge in [-0.05, 0) is 68.0 Å². The summed E-state index contributed by atoms with van der Waals surface area (Å²) < 4.78 is 10.8. The summed E-state index contributed by atoms with van der Waals surface area (Å²) in [5.74, 6) is 1.25. The number of aryl methyl sites for hydroxylation is 1. The zero-order chi connectivity index (χ0) is 23.6. The number of hydrogen-bond donors (Lipinski definition) is 1. The third-order valence-electron chi connectivity index (χ3n) is 6.51. The topological polar surface area (TPSA) is 50.8 Å². The number of carbonyl (C=O) groups is 1. The molecular weight excluding hydrogens is 436 g/mol. The van der Waals surface area contributed by atoms with E-state index < -0.39 is 0 Å². The van der Waals surface area contributed by atoms with Crippen LogP contribution in [0.25, 0.3) is 0 Å². The highest BCUT2D eigenvalue weighted by molar-refractivity contribution is 6.30. The van der Waals surface area contributed by atoms with Gasteiger partial charge in [0.15, 0.2) is 0 Å². The lowest BCUT2D eigenvalue weighted by molar-refractivity contribution is -0.140. The van der Waals surface area contributed by atoms with E-state index in [9.17, 15) is 4.79 Å². The molecule has 1 heterocycles. The van der Waals surface area contributed by atoms with Gasteiger partial charge in [-0.2, -0.15) is 0 Å². The second kappa shape index (κ2) is 13.0. The van der Waals surface area contributed by atoms with Gasteiger partial charge in [-0.15, -0.1) is 0 Å². The third kappa shape index (κ3) is 8.02. The fraction of sp³-hybridized carbons (Fsp3) is 0.519. The molecule has 1 fully saturated rings. The molecule has 2 aromatic carbocycles. The fourth-order valence-corrected chi connectivity index (χ4v) is 4.61. The molecule has 180 valence electrons. The average molecular weight is 473 g/mol. The van der Waals surface area contributed by atoms with Crippen LogP contribution in [0.2, 0.25) is 5.02 Å². The average Bonchev–Trinajstić information content (AvgIpc) is 2.82. The van der Waals surface area contributed by atoms with Gasteiger partial charge < -0.3 is 14.8 Å². The Balaban J connectivity index is 1.38. The van der Waals surface area contributed by atoms with Crippen molar-refractivity contribution >= 4 is 17.6 Å². The van der Waals surface area contributed by atoms with Crippen LogP contribution in [0.4, 0.5) is 0 Å². The van der Waals surface area contributed by atoms with Crippen molar-refractivity contribution in [1.29, 1.82) is 0 Å². The first-order valence-electron chi connectivity index (χ1n) is 12.0. The van der Waals surface area contributed by atoms with Crippen molar-refractivity contribution < 1.29 is 14.3 Å². The largest absolute Gasteiger partial charge is 0.493 e. The van der Waals surface area contributed by atoms with Crippen LogP contribution in [0.5, 0.6) is 5.75 Å². The van der Waals surface area contributed by atoms with E-state index in [1.54, 1.807) is 0 Å². The molecule has 5 nitrogen and oxygen atoms in total. The molecule has 0 radical (unpaired) electrons. The standard InChI is InChI=1S/C27H37ClN2O3/c1-20-18-30(19-22-9-12-24(28)13-10-22)21(2)17-25(20)29-15-6-16-33-26-8-5-4-7-23(26)11-14-27(31)32-3/h4-5,7-10,12-13,20-21,25,29H,6,11,14-19H2,1-3H3/t20-,21+,25-/m0/s1. The van der Waals surface area contributed by atoms with Gasteiger partial charge in [0.05, 0.1) is 13.7 Å². The summed E-state index contributed by atoms with van der Waals surface area (Å²) in [6, 6.07) is 17.2. The molecule has 0 amide bonds. The van der Waals surface area contributed by atoms with Crippen molar-refractivity contribution in [2.24, 2.45) is 5.92 Å². The predicted molar refractivity (Wildman–Crippen MR) is 134 cm³/mol. The van der Waals surface area contributed by atoms with Gasteiger partial charge in [0.1, 0.15) is 5.75 Å². The summed E-state index contributed by atoms with van der Waals surface area (Å²) in [6.45, 7) is 8.31. The number of ether oxygens (including phenoxy) is 2. The highest BCUT2D eigenvalue weighted by Crippen LogP contribution is 2.25. The molecule has 0 unspecified atom stereocenters. The lowest BCUT2D eigenvalue weighted by Gasteiger charge is -2.42. The first-order chi connectivity index (χ1) is 16.0. The molecule has 3 atom stereocenters. The van der Waals surface area contributed by atoms with Crippen LogP contribution < -0.4 is 10.1 Å². The third-order valence-corrected chi connectivity index (χ3v) is 6.76. The number of halogens is 1. The number of nitrogens with one attached hydrogen (secondary N) is 1. The van der Waals surface area contributed by atoms with E-state index in [1.165, 1.54) is 12.7 Å². The Hall–Kier alpha value is -2.08. The van der Waals surface area contributed by atoms with Gasteiger partial charge >= 0.3 is 5.97 Å². The Morgan fingerprint density at radius 3 is 2.67 bits per heavy atom. The minimum atomic E-state index is -0.198. The molecule has 6 heteroatoms. The molecule has 1 aliphatic rings. The Kier molecular flexibility index (Phi) is 10.0. The van der Waals surface area contributed by atoms with E-state index in [1.807, 2.05) is 36.4 Å². The zero-order valence-corrected chi connectivity index (χ0v) is 20.8. The zero-order valence-electron chi connectivity index (χ0n) is 20.1. The molecule has 33 heavy (non-hydrogen) atoms. The number of para-hydroxylation sites is 1. The number of likely N-dealkylation sites (tertiary alicyclic amines) is 1. The van der Waals surface area contributed by atoms with Crippen LogP contribution >= 0.6 is 11.6 Å². The van der Waals surface area contributed by atoms with E-state index in [4.69, 9.17) is 21.1 Å². The van der Waals surface area contributed by atoms with Gasteiger partial charge in [-0.3, -0.25) is 9.69 Å². The highest BCUT2D eigenvalue weighted by Gasteiger charge is 2.30. The molecule has 0 bridgehead atoms. The van der Waals surface area contributed by atoms with Crippen molar-refractivity contribution in [2.45, 2.75) is 58.2 Å². The van der Waals surface area contributed by atoms with E-state index >= 15 is 0 Å². The van der Waals surface area contributed by atoms with Crippen LogP contribution in [-0.4, -0.2) is 49.8 Å². The van der Waals surface area contributed by atoms with Gasteiger partial charge in [-0.1, -0.05) is 48.9 Å². The Morgan fingerprint density at radius 2 is 1.91 bits per heavy atom. The van der Waals surface area contributed by atoms with Gasteiger partial charge in [-0.25, -0.2) is 0 Å². The minimum absolute atomic E-state index is 0.198. The van der Waals surface area contributed by atoms with Gasteiger partial charge in [0.25, 0.3) is 0 Å². The normalized spacial score (nSPS) is 21.0. The smallest absolute Gasteiger partial charge is 0.305 e. The Bertz CT molecular complexity index is 874. The lowest BCUT2D eigenvalue weighted by atomic mass is 9.89. The fourth-order valence-electron chi connectivity index (χ4n) is 4.49. The summed E-state index contributed by atoms with van der Waals surface area (Å²) in [5.41, 5.74) is 2.36. The van der Waals surface area contributed by atoms with Crippen molar-refractivity contribution in [1.82, 2.24) is 10.2 Å². The summed E-state index contributed by atoms with van der Waals surface area (Å²) in [6.07, 6.45) is 3.08. The van der Waals surface area contributed by atoms with Crippen LogP contribution in [0.15, 0.2) is 48.5 Å². The molecule has 0 aromatic heterocycles. The molecule has 3 rings (SSSR count). The number of esters is 1. The molecule has 0 saturated carbocycles. The molecule has 1 saturated heterocycles. The summed E-state index contributed by atoms with van der Waals surface area (Å²) in [5, 5.41) is 4.55. The van der Waals surface area contributed by atoms with Crippen molar-refractivity contribution in [2.75, 3.05) is 26.8 Å². The van der Waals surface area contributed by atoms with Crippen LogP contribution in [0.1, 0.15) is 44.2 Å². The Morgan fingerprint density at radius 1 is 1.15 bits per heavy atom.